The van der Waals surface area contributed by atoms with Crippen LogP contribution in [0.5, 0.6) is 0 Å². The zero-order chi connectivity index (χ0) is 18.2. The number of benzene rings is 2. The highest BCUT2D eigenvalue weighted by molar-refractivity contribution is 6.36. The molecule has 0 bridgehead atoms. The maximum atomic E-state index is 12.4. The number of imide groups is 1. The molecule has 1 unspecified atom stereocenters. The molecule has 0 aromatic heterocycles. The van der Waals surface area contributed by atoms with Crippen molar-refractivity contribution in [3.8, 4) is 0 Å². The third-order valence-electron chi connectivity index (χ3n) is 3.92. The summed E-state index contributed by atoms with van der Waals surface area (Å²) in [5.74, 6) is -0.895. The highest BCUT2D eigenvalue weighted by Crippen LogP contribution is 2.27. The molecule has 1 saturated heterocycles. The van der Waals surface area contributed by atoms with Crippen molar-refractivity contribution >= 4 is 46.7 Å². The minimum absolute atomic E-state index is 0.234. The second-order valence-corrected chi connectivity index (χ2v) is 6.54. The van der Waals surface area contributed by atoms with E-state index in [2.05, 4.69) is 16.0 Å². The van der Waals surface area contributed by atoms with E-state index in [1.165, 1.54) is 12.1 Å². The molecule has 25 heavy (non-hydrogen) atoms. The van der Waals surface area contributed by atoms with Crippen molar-refractivity contribution in [2.24, 2.45) is 0 Å². The Morgan fingerprint density at radius 3 is 2.56 bits per heavy atom. The standard InChI is InChI=1S/C17H13Cl2N3O3/c1-17(15(24)21-16(25)22-17)9-3-2-4-11(7-9)20-14(23)12-8-10(18)5-6-13(12)19/h2-8H,1H3,(H,20,23)(H2,21,22,24,25). The van der Waals surface area contributed by atoms with Crippen LogP contribution in [0, 0.1) is 0 Å². The minimum Gasteiger partial charge on any atom is -0.322 e. The van der Waals surface area contributed by atoms with Gasteiger partial charge in [0.25, 0.3) is 11.8 Å². The average molecular weight is 378 g/mol. The predicted molar refractivity (Wildman–Crippen MR) is 94.9 cm³/mol. The summed E-state index contributed by atoms with van der Waals surface area (Å²) in [6.07, 6.45) is 0. The van der Waals surface area contributed by atoms with Crippen LogP contribution >= 0.6 is 23.2 Å². The van der Waals surface area contributed by atoms with E-state index in [1.807, 2.05) is 0 Å². The third-order valence-corrected chi connectivity index (χ3v) is 4.48. The van der Waals surface area contributed by atoms with Gasteiger partial charge in [-0.15, -0.1) is 0 Å². The summed E-state index contributed by atoms with van der Waals surface area (Å²) in [7, 11) is 0. The number of hydrogen-bond acceptors (Lipinski definition) is 3. The lowest BCUT2D eigenvalue weighted by atomic mass is 9.92. The molecule has 1 aliphatic rings. The molecule has 8 heteroatoms. The fourth-order valence-corrected chi connectivity index (χ4v) is 2.90. The number of urea groups is 1. The van der Waals surface area contributed by atoms with Crippen molar-refractivity contribution in [3.05, 3.63) is 63.6 Å². The Morgan fingerprint density at radius 1 is 1.12 bits per heavy atom. The van der Waals surface area contributed by atoms with Gasteiger partial charge < -0.3 is 10.6 Å². The lowest BCUT2D eigenvalue weighted by Crippen LogP contribution is -2.40. The maximum Gasteiger partial charge on any atom is 0.322 e. The number of carbonyl (C=O) groups excluding carboxylic acids is 3. The number of amides is 4. The highest BCUT2D eigenvalue weighted by Gasteiger charge is 2.43. The summed E-state index contributed by atoms with van der Waals surface area (Å²) >= 11 is 11.9. The van der Waals surface area contributed by atoms with Crippen molar-refractivity contribution in [1.82, 2.24) is 10.6 Å². The third kappa shape index (κ3) is 3.31. The average Bonchev–Trinajstić information content (AvgIpc) is 2.83. The topological polar surface area (TPSA) is 87.3 Å². The van der Waals surface area contributed by atoms with Gasteiger partial charge in [-0.1, -0.05) is 35.3 Å². The Morgan fingerprint density at radius 2 is 1.88 bits per heavy atom. The number of anilines is 1. The zero-order valence-electron chi connectivity index (χ0n) is 13.0. The Labute approximate surface area is 153 Å². The Hall–Kier alpha value is -2.57. The van der Waals surface area contributed by atoms with Gasteiger partial charge in [0.15, 0.2) is 0 Å². The first-order valence-electron chi connectivity index (χ1n) is 7.30. The van der Waals surface area contributed by atoms with E-state index in [1.54, 1.807) is 37.3 Å². The first-order valence-corrected chi connectivity index (χ1v) is 8.06. The van der Waals surface area contributed by atoms with Crippen molar-refractivity contribution in [1.29, 1.82) is 0 Å². The lowest BCUT2D eigenvalue weighted by molar-refractivity contribution is -0.123. The fourth-order valence-electron chi connectivity index (χ4n) is 2.52. The van der Waals surface area contributed by atoms with Gasteiger partial charge in [-0.2, -0.15) is 0 Å². The largest absolute Gasteiger partial charge is 0.322 e. The molecular formula is C17H13Cl2N3O3. The summed E-state index contributed by atoms with van der Waals surface area (Å²) in [6.45, 7) is 1.59. The van der Waals surface area contributed by atoms with Crippen LogP contribution < -0.4 is 16.0 Å². The Bertz CT molecular complexity index is 900. The van der Waals surface area contributed by atoms with Gasteiger partial charge in [0.1, 0.15) is 5.54 Å². The number of hydrogen-bond donors (Lipinski definition) is 3. The van der Waals surface area contributed by atoms with Crippen molar-refractivity contribution in [2.75, 3.05) is 5.32 Å². The summed E-state index contributed by atoms with van der Waals surface area (Å²) in [6, 6.07) is 10.7. The van der Waals surface area contributed by atoms with E-state index < -0.39 is 23.4 Å². The van der Waals surface area contributed by atoms with Crippen LogP contribution in [0.2, 0.25) is 10.0 Å². The van der Waals surface area contributed by atoms with E-state index >= 15 is 0 Å². The van der Waals surface area contributed by atoms with Crippen LogP contribution in [0.15, 0.2) is 42.5 Å². The molecule has 6 nitrogen and oxygen atoms in total. The molecule has 1 aliphatic heterocycles. The molecule has 3 rings (SSSR count). The quantitative estimate of drug-likeness (QED) is 0.717. The van der Waals surface area contributed by atoms with E-state index in [-0.39, 0.29) is 10.6 Å². The molecule has 0 radical (unpaired) electrons. The molecule has 1 fully saturated rings. The van der Waals surface area contributed by atoms with Gasteiger partial charge in [-0.05, 0) is 42.8 Å². The van der Waals surface area contributed by atoms with Crippen LogP contribution in [0.1, 0.15) is 22.8 Å². The summed E-state index contributed by atoms with van der Waals surface area (Å²) in [4.78, 5) is 35.9. The second-order valence-electron chi connectivity index (χ2n) is 5.69. The van der Waals surface area contributed by atoms with Gasteiger partial charge in [0, 0.05) is 10.7 Å². The molecule has 1 heterocycles. The van der Waals surface area contributed by atoms with Crippen molar-refractivity contribution in [3.63, 3.8) is 0 Å². The number of carbonyl (C=O) groups is 3. The molecule has 128 valence electrons. The molecule has 0 aliphatic carbocycles. The molecular weight excluding hydrogens is 365 g/mol. The number of nitrogens with one attached hydrogen (secondary N) is 3. The number of halogens is 2. The maximum absolute atomic E-state index is 12.4. The van der Waals surface area contributed by atoms with E-state index in [0.29, 0.717) is 16.3 Å². The monoisotopic (exact) mass is 377 g/mol. The normalized spacial score (nSPS) is 19.3. The Kier molecular flexibility index (Phi) is 4.41. The number of rotatable bonds is 3. The lowest BCUT2D eigenvalue weighted by Gasteiger charge is -2.21. The zero-order valence-corrected chi connectivity index (χ0v) is 14.5. The molecule has 1 atom stereocenters. The summed E-state index contributed by atoms with van der Waals surface area (Å²) < 4.78 is 0. The second kappa shape index (κ2) is 6.38. The van der Waals surface area contributed by atoms with Crippen molar-refractivity contribution in [2.45, 2.75) is 12.5 Å². The van der Waals surface area contributed by atoms with Crippen LogP contribution in [-0.2, 0) is 10.3 Å². The van der Waals surface area contributed by atoms with E-state index in [9.17, 15) is 14.4 Å². The summed E-state index contributed by atoms with van der Waals surface area (Å²) in [5.41, 5.74) is 0.0168. The van der Waals surface area contributed by atoms with Crippen LogP contribution in [-0.4, -0.2) is 17.8 Å². The molecule has 2 aromatic carbocycles. The van der Waals surface area contributed by atoms with Gasteiger partial charge in [0.2, 0.25) is 0 Å². The minimum atomic E-state index is -1.20. The smallest absolute Gasteiger partial charge is 0.322 e. The Balaban J connectivity index is 1.87. The predicted octanol–water partition coefficient (Wildman–Crippen LogP) is 3.30. The molecule has 2 aromatic rings. The molecule has 4 amide bonds. The highest BCUT2D eigenvalue weighted by atomic mass is 35.5. The van der Waals surface area contributed by atoms with Gasteiger partial charge in [-0.25, -0.2) is 4.79 Å². The molecule has 0 saturated carbocycles. The SMILES string of the molecule is CC1(c2cccc(NC(=O)c3cc(Cl)ccc3Cl)c2)NC(=O)NC1=O. The van der Waals surface area contributed by atoms with Crippen LogP contribution in [0.3, 0.4) is 0 Å². The first kappa shape index (κ1) is 17.3. The van der Waals surface area contributed by atoms with Crippen LogP contribution in [0.4, 0.5) is 10.5 Å². The molecule has 3 N–H and O–H groups in total. The van der Waals surface area contributed by atoms with E-state index in [0.717, 1.165) is 0 Å². The van der Waals surface area contributed by atoms with Gasteiger partial charge in [-0.3, -0.25) is 14.9 Å². The first-order chi connectivity index (χ1) is 11.8. The van der Waals surface area contributed by atoms with Crippen LogP contribution in [0.25, 0.3) is 0 Å². The van der Waals surface area contributed by atoms with Crippen molar-refractivity contribution < 1.29 is 14.4 Å². The van der Waals surface area contributed by atoms with Gasteiger partial charge >= 0.3 is 6.03 Å². The summed E-state index contributed by atoms with van der Waals surface area (Å²) in [5, 5.41) is 8.14. The van der Waals surface area contributed by atoms with Gasteiger partial charge in [0.05, 0.1) is 10.6 Å². The van der Waals surface area contributed by atoms with E-state index in [4.69, 9.17) is 23.2 Å². The fraction of sp³-hybridized carbons (Fsp3) is 0.118. The molecule has 0 spiro atoms.